The molecule has 0 aromatic heterocycles. The first-order chi connectivity index (χ1) is 9.72. The molecule has 3 heteroatoms. The monoisotopic (exact) mass is 273 g/mol. The highest BCUT2D eigenvalue weighted by atomic mass is 16.5. The fourth-order valence-electron chi connectivity index (χ4n) is 2.27. The van der Waals surface area contributed by atoms with Crippen LogP contribution in [0.4, 0.5) is 0 Å². The van der Waals surface area contributed by atoms with Gasteiger partial charge in [-0.3, -0.25) is 0 Å². The van der Waals surface area contributed by atoms with E-state index in [0.29, 0.717) is 0 Å². The molecule has 0 bridgehead atoms. The summed E-state index contributed by atoms with van der Waals surface area (Å²) in [6.07, 6.45) is 0.254. The van der Waals surface area contributed by atoms with Gasteiger partial charge in [-0.15, -0.1) is 0 Å². The summed E-state index contributed by atoms with van der Waals surface area (Å²) < 4.78 is 10.7. The third-order valence-corrected chi connectivity index (χ3v) is 3.32. The first kappa shape index (κ1) is 14.8. The first-order valence-corrected chi connectivity index (χ1v) is 7.12. The Morgan fingerprint density at radius 2 is 1.85 bits per heavy atom. The molecule has 1 N–H and O–H groups in total. The summed E-state index contributed by atoms with van der Waals surface area (Å²) in [6.45, 7) is 6.60. The third-order valence-electron chi connectivity index (χ3n) is 3.32. The van der Waals surface area contributed by atoms with Crippen molar-refractivity contribution in [1.29, 1.82) is 0 Å². The maximum absolute atomic E-state index is 5.50. The predicted molar refractivity (Wildman–Crippen MR) is 83.3 cm³/mol. The summed E-state index contributed by atoms with van der Waals surface area (Å²) in [6, 6.07) is 12.7. The van der Waals surface area contributed by atoms with Gasteiger partial charge in [-0.05, 0) is 48.4 Å². The Morgan fingerprint density at radius 1 is 1.10 bits per heavy atom. The number of ether oxygens (including phenoxy) is 2. The minimum atomic E-state index is 0.254. The van der Waals surface area contributed by atoms with Crippen LogP contribution in [0.5, 0.6) is 5.75 Å². The summed E-state index contributed by atoms with van der Waals surface area (Å²) in [7, 11) is 1.69. The zero-order valence-electron chi connectivity index (χ0n) is 12.5. The summed E-state index contributed by atoms with van der Waals surface area (Å²) in [5.41, 5.74) is 1.28. The van der Waals surface area contributed by atoms with E-state index in [0.717, 1.165) is 25.4 Å². The van der Waals surface area contributed by atoms with Crippen molar-refractivity contribution in [3.63, 3.8) is 0 Å². The molecule has 2 aromatic rings. The molecule has 0 spiro atoms. The van der Waals surface area contributed by atoms with Crippen LogP contribution in [0.15, 0.2) is 36.4 Å². The van der Waals surface area contributed by atoms with Crippen molar-refractivity contribution < 1.29 is 9.47 Å². The van der Waals surface area contributed by atoms with Crippen LogP contribution in [-0.4, -0.2) is 26.4 Å². The van der Waals surface area contributed by atoms with Crippen molar-refractivity contribution in [1.82, 2.24) is 5.32 Å². The van der Waals surface area contributed by atoms with E-state index in [1.165, 1.54) is 16.3 Å². The largest absolute Gasteiger partial charge is 0.497 e. The number of rotatable bonds is 7. The van der Waals surface area contributed by atoms with Crippen LogP contribution in [-0.2, 0) is 11.3 Å². The SMILES string of the molecule is CCOC(C)CNCc1ccc2cc(OC)ccc2c1. The van der Waals surface area contributed by atoms with Crippen LogP contribution in [0.3, 0.4) is 0 Å². The van der Waals surface area contributed by atoms with Gasteiger partial charge in [-0.1, -0.05) is 18.2 Å². The van der Waals surface area contributed by atoms with Crippen LogP contribution in [0.1, 0.15) is 19.4 Å². The molecule has 2 rings (SSSR count). The predicted octanol–water partition coefficient (Wildman–Crippen LogP) is 3.36. The maximum atomic E-state index is 5.50. The standard InChI is InChI=1S/C17H23NO2/c1-4-20-13(2)11-18-12-14-5-6-16-10-17(19-3)8-7-15(16)9-14/h5-10,13,18H,4,11-12H2,1-3H3. The second-order valence-electron chi connectivity index (χ2n) is 4.94. The second kappa shape index (κ2) is 7.27. The smallest absolute Gasteiger partial charge is 0.119 e. The molecule has 0 heterocycles. The fourth-order valence-corrected chi connectivity index (χ4v) is 2.27. The molecule has 0 aliphatic heterocycles. The average Bonchev–Trinajstić information content (AvgIpc) is 2.47. The lowest BCUT2D eigenvalue weighted by Gasteiger charge is -2.13. The quantitative estimate of drug-likeness (QED) is 0.839. The van der Waals surface area contributed by atoms with E-state index in [2.05, 4.69) is 42.6 Å². The Labute approximate surface area is 120 Å². The van der Waals surface area contributed by atoms with E-state index < -0.39 is 0 Å². The molecular weight excluding hydrogens is 250 g/mol. The summed E-state index contributed by atoms with van der Waals surface area (Å²) >= 11 is 0. The number of nitrogens with one attached hydrogen (secondary N) is 1. The summed E-state index contributed by atoms with van der Waals surface area (Å²) in [5, 5.41) is 5.87. The molecule has 1 unspecified atom stereocenters. The van der Waals surface area contributed by atoms with E-state index >= 15 is 0 Å². The number of hydrogen-bond donors (Lipinski definition) is 1. The van der Waals surface area contributed by atoms with E-state index in [-0.39, 0.29) is 6.10 Å². The molecular formula is C17H23NO2. The third kappa shape index (κ3) is 3.95. The first-order valence-electron chi connectivity index (χ1n) is 7.12. The molecule has 2 aromatic carbocycles. The van der Waals surface area contributed by atoms with Crippen molar-refractivity contribution in [3.05, 3.63) is 42.0 Å². The van der Waals surface area contributed by atoms with Crippen molar-refractivity contribution in [2.24, 2.45) is 0 Å². The van der Waals surface area contributed by atoms with Crippen molar-refractivity contribution in [2.75, 3.05) is 20.3 Å². The molecule has 108 valence electrons. The van der Waals surface area contributed by atoms with Gasteiger partial charge in [-0.25, -0.2) is 0 Å². The van der Waals surface area contributed by atoms with E-state index in [1.54, 1.807) is 7.11 Å². The van der Waals surface area contributed by atoms with Crippen molar-refractivity contribution >= 4 is 10.8 Å². The van der Waals surface area contributed by atoms with Crippen LogP contribution < -0.4 is 10.1 Å². The molecule has 20 heavy (non-hydrogen) atoms. The Bertz CT molecular complexity index is 554. The number of methoxy groups -OCH3 is 1. The molecule has 0 aliphatic rings. The highest BCUT2D eigenvalue weighted by Crippen LogP contribution is 2.21. The number of benzene rings is 2. The van der Waals surface area contributed by atoms with E-state index in [9.17, 15) is 0 Å². The molecule has 0 saturated carbocycles. The van der Waals surface area contributed by atoms with Crippen LogP contribution in [0.2, 0.25) is 0 Å². The van der Waals surface area contributed by atoms with Crippen LogP contribution in [0.25, 0.3) is 10.8 Å². The van der Waals surface area contributed by atoms with Gasteiger partial charge in [0.2, 0.25) is 0 Å². The number of hydrogen-bond acceptors (Lipinski definition) is 3. The van der Waals surface area contributed by atoms with Gasteiger partial charge in [0, 0.05) is 19.7 Å². The van der Waals surface area contributed by atoms with Gasteiger partial charge in [0.05, 0.1) is 13.2 Å². The normalized spacial score (nSPS) is 12.6. The molecule has 0 amide bonds. The van der Waals surface area contributed by atoms with Gasteiger partial charge < -0.3 is 14.8 Å². The van der Waals surface area contributed by atoms with Crippen LogP contribution >= 0.6 is 0 Å². The highest BCUT2D eigenvalue weighted by Gasteiger charge is 2.02. The zero-order chi connectivity index (χ0) is 14.4. The van der Waals surface area contributed by atoms with E-state index in [4.69, 9.17) is 9.47 Å². The van der Waals surface area contributed by atoms with Gasteiger partial charge in [0.1, 0.15) is 5.75 Å². The Balaban J connectivity index is 1.97. The van der Waals surface area contributed by atoms with Gasteiger partial charge in [0.15, 0.2) is 0 Å². The molecule has 0 aliphatic carbocycles. The Hall–Kier alpha value is -1.58. The minimum Gasteiger partial charge on any atom is -0.497 e. The lowest BCUT2D eigenvalue weighted by molar-refractivity contribution is 0.0759. The molecule has 3 nitrogen and oxygen atoms in total. The average molecular weight is 273 g/mol. The van der Waals surface area contributed by atoms with Gasteiger partial charge in [-0.2, -0.15) is 0 Å². The molecule has 1 atom stereocenters. The summed E-state index contributed by atoms with van der Waals surface area (Å²) in [4.78, 5) is 0. The number of fused-ring (bicyclic) bond motifs is 1. The fraction of sp³-hybridized carbons (Fsp3) is 0.412. The second-order valence-corrected chi connectivity index (χ2v) is 4.94. The van der Waals surface area contributed by atoms with Crippen molar-refractivity contribution in [2.45, 2.75) is 26.5 Å². The van der Waals surface area contributed by atoms with Crippen molar-refractivity contribution in [3.8, 4) is 5.75 Å². The minimum absolute atomic E-state index is 0.254. The summed E-state index contributed by atoms with van der Waals surface area (Å²) in [5.74, 6) is 0.897. The molecule has 0 fully saturated rings. The Kier molecular flexibility index (Phi) is 5.39. The van der Waals surface area contributed by atoms with Gasteiger partial charge >= 0.3 is 0 Å². The lowest BCUT2D eigenvalue weighted by Crippen LogP contribution is -2.26. The zero-order valence-corrected chi connectivity index (χ0v) is 12.5. The maximum Gasteiger partial charge on any atom is 0.119 e. The lowest BCUT2D eigenvalue weighted by atomic mass is 10.1. The molecule has 0 saturated heterocycles. The topological polar surface area (TPSA) is 30.5 Å². The Morgan fingerprint density at radius 3 is 2.60 bits per heavy atom. The van der Waals surface area contributed by atoms with E-state index in [1.807, 2.05) is 13.0 Å². The van der Waals surface area contributed by atoms with Crippen LogP contribution in [0, 0.1) is 0 Å². The highest BCUT2D eigenvalue weighted by molar-refractivity contribution is 5.84. The molecule has 0 radical (unpaired) electrons. The van der Waals surface area contributed by atoms with Gasteiger partial charge in [0.25, 0.3) is 0 Å².